The van der Waals surface area contributed by atoms with Gasteiger partial charge in [-0.1, -0.05) is 13.8 Å². The fourth-order valence-electron chi connectivity index (χ4n) is 1.22. The zero-order chi connectivity index (χ0) is 12.7. The Hall–Kier alpha value is -1.49. The van der Waals surface area contributed by atoms with E-state index in [-0.39, 0.29) is 5.76 Å². The van der Waals surface area contributed by atoms with E-state index in [2.05, 4.69) is 19.2 Å². The molecule has 0 aliphatic rings. The number of rotatable bonds is 8. The van der Waals surface area contributed by atoms with Gasteiger partial charge in [-0.3, -0.25) is 0 Å². The first-order chi connectivity index (χ1) is 8.09. The van der Waals surface area contributed by atoms with Gasteiger partial charge in [-0.05, 0) is 18.4 Å². The van der Waals surface area contributed by atoms with Crippen LogP contribution in [0, 0.1) is 5.92 Å². The number of aromatic carboxylic acids is 1. The maximum atomic E-state index is 10.5. The third kappa shape index (κ3) is 5.40. The summed E-state index contributed by atoms with van der Waals surface area (Å²) < 4.78 is 10.4. The highest BCUT2D eigenvalue weighted by atomic mass is 16.5. The first kappa shape index (κ1) is 13.6. The molecule has 0 unspecified atom stereocenters. The molecule has 1 aromatic rings. The van der Waals surface area contributed by atoms with Crippen molar-refractivity contribution in [2.24, 2.45) is 5.92 Å². The first-order valence-electron chi connectivity index (χ1n) is 5.74. The zero-order valence-corrected chi connectivity index (χ0v) is 10.2. The van der Waals surface area contributed by atoms with Gasteiger partial charge in [-0.15, -0.1) is 0 Å². The van der Waals surface area contributed by atoms with Crippen molar-refractivity contribution in [3.63, 3.8) is 0 Å². The Morgan fingerprint density at radius 2 is 2.24 bits per heavy atom. The van der Waals surface area contributed by atoms with Crippen LogP contribution in [0.3, 0.4) is 0 Å². The molecule has 0 atom stereocenters. The number of carboxylic acids is 1. The Morgan fingerprint density at radius 3 is 2.82 bits per heavy atom. The molecule has 0 bridgehead atoms. The molecule has 0 saturated carbocycles. The standard InChI is InChI=1S/C12H19NO4/c1-9(2)5-7-16-8-6-13-11-4-3-10(17-11)12(14)15/h3-4,9,13H,5-8H2,1-2H3,(H,14,15). The van der Waals surface area contributed by atoms with Gasteiger partial charge in [0.1, 0.15) is 0 Å². The maximum Gasteiger partial charge on any atom is 0.371 e. The van der Waals surface area contributed by atoms with E-state index in [1.165, 1.54) is 6.07 Å². The first-order valence-corrected chi connectivity index (χ1v) is 5.74. The van der Waals surface area contributed by atoms with Crippen molar-refractivity contribution in [3.05, 3.63) is 17.9 Å². The number of carboxylic acid groups (broad SMARTS) is 1. The summed E-state index contributed by atoms with van der Waals surface area (Å²) in [6.45, 7) is 6.23. The second kappa shape index (κ2) is 6.96. The molecule has 0 saturated heterocycles. The summed E-state index contributed by atoms with van der Waals surface area (Å²) in [5, 5.41) is 11.6. The number of furan rings is 1. The van der Waals surface area contributed by atoms with Gasteiger partial charge in [0.15, 0.2) is 5.88 Å². The molecule has 0 radical (unpaired) electrons. The van der Waals surface area contributed by atoms with E-state index in [1.54, 1.807) is 6.07 Å². The molecule has 2 N–H and O–H groups in total. The van der Waals surface area contributed by atoms with Crippen LogP contribution in [0.15, 0.2) is 16.5 Å². The van der Waals surface area contributed by atoms with Crippen LogP contribution in [0.4, 0.5) is 5.88 Å². The molecule has 5 heteroatoms. The fourth-order valence-corrected chi connectivity index (χ4v) is 1.22. The summed E-state index contributed by atoms with van der Waals surface area (Å²) in [4.78, 5) is 10.5. The molecule has 0 aliphatic carbocycles. The van der Waals surface area contributed by atoms with E-state index in [0.29, 0.717) is 25.0 Å². The highest BCUT2D eigenvalue weighted by Crippen LogP contribution is 2.12. The van der Waals surface area contributed by atoms with Crippen molar-refractivity contribution >= 4 is 11.9 Å². The quantitative estimate of drug-likeness (QED) is 0.684. The summed E-state index contributed by atoms with van der Waals surface area (Å²) in [6, 6.07) is 3.02. The second-order valence-electron chi connectivity index (χ2n) is 4.19. The lowest BCUT2D eigenvalue weighted by atomic mass is 10.1. The monoisotopic (exact) mass is 241 g/mol. The van der Waals surface area contributed by atoms with Gasteiger partial charge in [-0.2, -0.15) is 0 Å². The predicted octanol–water partition coefficient (Wildman–Crippen LogP) is 2.45. The van der Waals surface area contributed by atoms with E-state index >= 15 is 0 Å². The number of anilines is 1. The zero-order valence-electron chi connectivity index (χ0n) is 10.2. The lowest BCUT2D eigenvalue weighted by molar-refractivity contribution is 0.0663. The minimum absolute atomic E-state index is 0.0618. The molecular formula is C12H19NO4. The van der Waals surface area contributed by atoms with Gasteiger partial charge < -0.3 is 19.6 Å². The molecular weight excluding hydrogens is 222 g/mol. The largest absolute Gasteiger partial charge is 0.475 e. The van der Waals surface area contributed by atoms with Crippen LogP contribution in [0.1, 0.15) is 30.8 Å². The Bertz CT molecular complexity index is 346. The fraction of sp³-hybridized carbons (Fsp3) is 0.583. The minimum Gasteiger partial charge on any atom is -0.475 e. The summed E-state index contributed by atoms with van der Waals surface area (Å²) in [5.74, 6) is -0.0273. The van der Waals surface area contributed by atoms with E-state index in [4.69, 9.17) is 14.3 Å². The van der Waals surface area contributed by atoms with Crippen LogP contribution in [0.25, 0.3) is 0 Å². The second-order valence-corrected chi connectivity index (χ2v) is 4.19. The number of hydrogen-bond donors (Lipinski definition) is 2. The van der Waals surface area contributed by atoms with Gasteiger partial charge in [0.25, 0.3) is 0 Å². The molecule has 1 heterocycles. The molecule has 96 valence electrons. The smallest absolute Gasteiger partial charge is 0.371 e. The molecule has 0 aromatic carbocycles. The predicted molar refractivity (Wildman–Crippen MR) is 64.4 cm³/mol. The Morgan fingerprint density at radius 1 is 1.47 bits per heavy atom. The summed E-state index contributed by atoms with van der Waals surface area (Å²) in [6.07, 6.45) is 1.05. The normalized spacial score (nSPS) is 10.8. The van der Waals surface area contributed by atoms with Crippen molar-refractivity contribution in [1.82, 2.24) is 0 Å². The lowest BCUT2D eigenvalue weighted by Gasteiger charge is -2.06. The van der Waals surface area contributed by atoms with Gasteiger partial charge in [0.05, 0.1) is 6.61 Å². The van der Waals surface area contributed by atoms with Gasteiger partial charge in [0.2, 0.25) is 5.76 Å². The maximum absolute atomic E-state index is 10.5. The Labute approximate surface area is 101 Å². The lowest BCUT2D eigenvalue weighted by Crippen LogP contribution is -2.10. The number of hydrogen-bond acceptors (Lipinski definition) is 4. The number of carbonyl (C=O) groups is 1. The third-order valence-corrected chi connectivity index (χ3v) is 2.20. The average molecular weight is 241 g/mol. The minimum atomic E-state index is -1.06. The highest BCUT2D eigenvalue weighted by Gasteiger charge is 2.07. The Kier molecular flexibility index (Phi) is 5.56. The topological polar surface area (TPSA) is 71.7 Å². The third-order valence-electron chi connectivity index (χ3n) is 2.20. The van der Waals surface area contributed by atoms with E-state index in [0.717, 1.165) is 13.0 Å². The van der Waals surface area contributed by atoms with Crippen molar-refractivity contribution < 1.29 is 19.1 Å². The molecule has 0 aliphatic heterocycles. The van der Waals surface area contributed by atoms with Crippen LogP contribution in [0.5, 0.6) is 0 Å². The van der Waals surface area contributed by atoms with Crippen molar-refractivity contribution in [3.8, 4) is 0 Å². The van der Waals surface area contributed by atoms with E-state index in [1.807, 2.05) is 0 Å². The number of nitrogens with one attached hydrogen (secondary N) is 1. The van der Waals surface area contributed by atoms with E-state index < -0.39 is 5.97 Å². The van der Waals surface area contributed by atoms with Crippen molar-refractivity contribution in [1.29, 1.82) is 0 Å². The molecule has 0 amide bonds. The van der Waals surface area contributed by atoms with Crippen LogP contribution in [-0.4, -0.2) is 30.8 Å². The summed E-state index contributed by atoms with van der Waals surface area (Å²) in [7, 11) is 0. The Balaban J connectivity index is 2.11. The van der Waals surface area contributed by atoms with Crippen LogP contribution >= 0.6 is 0 Å². The molecule has 5 nitrogen and oxygen atoms in total. The van der Waals surface area contributed by atoms with Gasteiger partial charge in [0, 0.05) is 19.2 Å². The summed E-state index contributed by atoms with van der Waals surface area (Å²) >= 11 is 0. The van der Waals surface area contributed by atoms with E-state index in [9.17, 15) is 4.79 Å². The molecule has 0 fully saturated rings. The van der Waals surface area contributed by atoms with Crippen molar-refractivity contribution in [2.75, 3.05) is 25.1 Å². The number of ether oxygens (including phenoxy) is 1. The molecule has 17 heavy (non-hydrogen) atoms. The van der Waals surface area contributed by atoms with Crippen LogP contribution < -0.4 is 5.32 Å². The van der Waals surface area contributed by atoms with Gasteiger partial charge >= 0.3 is 5.97 Å². The average Bonchev–Trinajstić information content (AvgIpc) is 2.71. The summed E-state index contributed by atoms with van der Waals surface area (Å²) in [5.41, 5.74) is 0. The van der Waals surface area contributed by atoms with Crippen LogP contribution in [-0.2, 0) is 4.74 Å². The van der Waals surface area contributed by atoms with Crippen molar-refractivity contribution in [2.45, 2.75) is 20.3 Å². The van der Waals surface area contributed by atoms with Gasteiger partial charge in [-0.25, -0.2) is 4.79 Å². The highest BCUT2D eigenvalue weighted by molar-refractivity contribution is 5.84. The van der Waals surface area contributed by atoms with Crippen LogP contribution in [0.2, 0.25) is 0 Å². The molecule has 0 spiro atoms. The molecule has 1 aromatic heterocycles. The molecule has 1 rings (SSSR count). The SMILES string of the molecule is CC(C)CCOCCNc1ccc(C(=O)O)o1.